The van der Waals surface area contributed by atoms with Gasteiger partial charge in [-0.3, -0.25) is 0 Å². The van der Waals surface area contributed by atoms with Gasteiger partial charge in [-0.15, -0.1) is 0 Å². The second-order valence-corrected chi connectivity index (χ2v) is 5.89. The van der Waals surface area contributed by atoms with Gasteiger partial charge in [0.15, 0.2) is 0 Å². The molecule has 1 aromatic carbocycles. The second kappa shape index (κ2) is 9.11. The molecule has 2 nitrogen and oxygen atoms in total. The van der Waals surface area contributed by atoms with Gasteiger partial charge in [0, 0.05) is 29.8 Å². The number of hydrogen-bond acceptors (Lipinski definition) is 2. The van der Waals surface area contributed by atoms with E-state index in [9.17, 15) is 0 Å². The topological polar surface area (TPSA) is 18.5 Å². The van der Waals surface area contributed by atoms with Crippen molar-refractivity contribution in [1.82, 2.24) is 0 Å². The third kappa shape index (κ3) is 5.18. The van der Waals surface area contributed by atoms with Crippen LogP contribution < -0.4 is 0 Å². The van der Waals surface area contributed by atoms with Crippen LogP contribution in [0.15, 0.2) is 24.3 Å². The fraction of sp³-hybridized carbons (Fsp3) is 0.600. The standard InChI is InChI=1S/C15H22Br2O2/c1-13-3-5-14(6-4-13)15(11-16,12-17)7-8-19-10-9-18-2/h3-6H,7-12H2,1-2H3. The first kappa shape index (κ1) is 17.2. The van der Waals surface area contributed by atoms with E-state index in [4.69, 9.17) is 9.47 Å². The Hall–Kier alpha value is 0.1000. The molecule has 0 fully saturated rings. The largest absolute Gasteiger partial charge is 0.382 e. The number of ether oxygens (including phenoxy) is 2. The normalized spacial score (nSPS) is 11.8. The first-order chi connectivity index (χ1) is 9.18. The van der Waals surface area contributed by atoms with Gasteiger partial charge >= 0.3 is 0 Å². The molecule has 108 valence electrons. The quantitative estimate of drug-likeness (QED) is 0.465. The van der Waals surface area contributed by atoms with E-state index < -0.39 is 0 Å². The Labute approximate surface area is 133 Å². The molecule has 0 N–H and O–H groups in total. The van der Waals surface area contributed by atoms with Crippen LogP contribution in [0.1, 0.15) is 17.5 Å². The van der Waals surface area contributed by atoms with E-state index in [1.807, 2.05) is 0 Å². The molecule has 0 aromatic heterocycles. The smallest absolute Gasteiger partial charge is 0.0700 e. The number of hydrogen-bond donors (Lipinski definition) is 0. The molecule has 0 unspecified atom stereocenters. The maximum Gasteiger partial charge on any atom is 0.0700 e. The molecule has 0 atom stereocenters. The van der Waals surface area contributed by atoms with Gasteiger partial charge in [-0.1, -0.05) is 61.7 Å². The first-order valence-electron chi connectivity index (χ1n) is 6.44. The average molecular weight is 394 g/mol. The summed E-state index contributed by atoms with van der Waals surface area (Å²) >= 11 is 7.32. The van der Waals surface area contributed by atoms with Gasteiger partial charge in [0.2, 0.25) is 0 Å². The fourth-order valence-corrected chi connectivity index (χ4v) is 4.02. The van der Waals surface area contributed by atoms with Crippen LogP contribution in [0.4, 0.5) is 0 Å². The Kier molecular flexibility index (Phi) is 8.23. The van der Waals surface area contributed by atoms with E-state index in [1.165, 1.54) is 11.1 Å². The van der Waals surface area contributed by atoms with Gasteiger partial charge in [-0.25, -0.2) is 0 Å². The van der Waals surface area contributed by atoms with Crippen LogP contribution in [0, 0.1) is 6.92 Å². The number of rotatable bonds is 9. The first-order valence-corrected chi connectivity index (χ1v) is 8.68. The van der Waals surface area contributed by atoms with Crippen molar-refractivity contribution >= 4 is 31.9 Å². The van der Waals surface area contributed by atoms with Crippen molar-refractivity contribution in [2.24, 2.45) is 0 Å². The van der Waals surface area contributed by atoms with Gasteiger partial charge in [0.1, 0.15) is 0 Å². The lowest BCUT2D eigenvalue weighted by atomic mass is 9.81. The van der Waals surface area contributed by atoms with Crippen molar-refractivity contribution in [3.63, 3.8) is 0 Å². The van der Waals surface area contributed by atoms with Crippen molar-refractivity contribution in [3.8, 4) is 0 Å². The van der Waals surface area contributed by atoms with Gasteiger partial charge in [0.25, 0.3) is 0 Å². The highest BCUT2D eigenvalue weighted by Crippen LogP contribution is 2.32. The Morgan fingerprint density at radius 2 is 1.63 bits per heavy atom. The third-order valence-electron chi connectivity index (χ3n) is 3.33. The van der Waals surface area contributed by atoms with Crippen LogP contribution in [0.2, 0.25) is 0 Å². The molecular weight excluding hydrogens is 372 g/mol. The van der Waals surface area contributed by atoms with Crippen LogP contribution in [-0.4, -0.2) is 37.6 Å². The number of alkyl halides is 2. The molecule has 19 heavy (non-hydrogen) atoms. The molecule has 0 aliphatic heterocycles. The van der Waals surface area contributed by atoms with Crippen LogP contribution >= 0.6 is 31.9 Å². The number of methoxy groups -OCH3 is 1. The summed E-state index contributed by atoms with van der Waals surface area (Å²) in [4.78, 5) is 0. The van der Waals surface area contributed by atoms with E-state index >= 15 is 0 Å². The highest BCUT2D eigenvalue weighted by Gasteiger charge is 2.29. The summed E-state index contributed by atoms with van der Waals surface area (Å²) in [5, 5.41) is 1.84. The van der Waals surface area contributed by atoms with E-state index in [0.717, 1.165) is 23.7 Å². The molecule has 1 rings (SSSR count). The third-order valence-corrected chi connectivity index (χ3v) is 5.48. The minimum atomic E-state index is 0.0841. The minimum Gasteiger partial charge on any atom is -0.382 e. The lowest BCUT2D eigenvalue weighted by Crippen LogP contribution is -2.32. The summed E-state index contributed by atoms with van der Waals surface area (Å²) in [5.41, 5.74) is 2.72. The molecule has 0 radical (unpaired) electrons. The van der Waals surface area contributed by atoms with Crippen molar-refractivity contribution in [2.75, 3.05) is 37.6 Å². The number of halogens is 2. The monoisotopic (exact) mass is 392 g/mol. The molecule has 0 bridgehead atoms. The van der Waals surface area contributed by atoms with Crippen molar-refractivity contribution in [2.45, 2.75) is 18.8 Å². The highest BCUT2D eigenvalue weighted by molar-refractivity contribution is 9.09. The summed E-state index contributed by atoms with van der Waals surface area (Å²) in [7, 11) is 1.69. The summed E-state index contributed by atoms with van der Waals surface area (Å²) in [6.45, 7) is 4.17. The van der Waals surface area contributed by atoms with Crippen LogP contribution in [0.3, 0.4) is 0 Å². The second-order valence-electron chi connectivity index (χ2n) is 4.77. The molecule has 0 saturated heterocycles. The molecule has 4 heteroatoms. The molecule has 1 aromatic rings. The van der Waals surface area contributed by atoms with Gasteiger partial charge in [-0.2, -0.15) is 0 Å². The zero-order valence-electron chi connectivity index (χ0n) is 11.6. The van der Waals surface area contributed by atoms with Crippen LogP contribution in [0.5, 0.6) is 0 Å². The maximum absolute atomic E-state index is 5.61. The van der Waals surface area contributed by atoms with E-state index in [0.29, 0.717) is 13.2 Å². The van der Waals surface area contributed by atoms with Crippen LogP contribution in [-0.2, 0) is 14.9 Å². The predicted octanol–water partition coefficient (Wildman–Crippen LogP) is 4.08. The maximum atomic E-state index is 5.61. The molecule has 0 heterocycles. The zero-order valence-corrected chi connectivity index (χ0v) is 14.8. The molecule has 0 aliphatic carbocycles. The lowest BCUT2D eigenvalue weighted by molar-refractivity contribution is 0.0635. The van der Waals surface area contributed by atoms with Crippen molar-refractivity contribution < 1.29 is 9.47 Å². The summed E-state index contributed by atoms with van der Waals surface area (Å²) in [6, 6.07) is 8.77. The lowest BCUT2D eigenvalue weighted by Gasteiger charge is -2.30. The number of benzene rings is 1. The predicted molar refractivity (Wildman–Crippen MR) is 87.8 cm³/mol. The fourth-order valence-electron chi connectivity index (χ4n) is 1.89. The van der Waals surface area contributed by atoms with Gasteiger partial charge in [-0.05, 0) is 18.9 Å². The van der Waals surface area contributed by atoms with Gasteiger partial charge < -0.3 is 9.47 Å². The summed E-state index contributed by atoms with van der Waals surface area (Å²) < 4.78 is 10.6. The Morgan fingerprint density at radius 1 is 1.00 bits per heavy atom. The summed E-state index contributed by atoms with van der Waals surface area (Å²) in [5.74, 6) is 0. The van der Waals surface area contributed by atoms with E-state index in [2.05, 4.69) is 63.0 Å². The van der Waals surface area contributed by atoms with Gasteiger partial charge in [0.05, 0.1) is 13.2 Å². The molecular formula is C15H22Br2O2. The molecule has 0 aliphatic rings. The van der Waals surface area contributed by atoms with E-state index in [1.54, 1.807) is 7.11 Å². The average Bonchev–Trinajstić information content (AvgIpc) is 2.45. The Morgan fingerprint density at radius 3 is 2.16 bits per heavy atom. The number of aryl methyl sites for hydroxylation is 1. The van der Waals surface area contributed by atoms with Crippen molar-refractivity contribution in [3.05, 3.63) is 35.4 Å². The molecule has 0 spiro atoms. The highest BCUT2D eigenvalue weighted by atomic mass is 79.9. The zero-order chi connectivity index (χ0) is 14.1. The molecule has 0 amide bonds. The van der Waals surface area contributed by atoms with Crippen LogP contribution in [0.25, 0.3) is 0 Å². The Bertz CT molecular complexity index is 348. The Balaban J connectivity index is 2.65. The minimum absolute atomic E-state index is 0.0841. The molecule has 0 saturated carbocycles. The van der Waals surface area contributed by atoms with Crippen molar-refractivity contribution in [1.29, 1.82) is 0 Å². The SMILES string of the molecule is COCCOCCC(CBr)(CBr)c1ccc(C)cc1. The van der Waals surface area contributed by atoms with E-state index in [-0.39, 0.29) is 5.41 Å². The summed E-state index contributed by atoms with van der Waals surface area (Å²) in [6.07, 6.45) is 0.982.